The number of hydrogen-bond acceptors (Lipinski definition) is 3. The zero-order chi connectivity index (χ0) is 16.4. The average molecular weight is 336 g/mol. The van der Waals surface area contributed by atoms with Gasteiger partial charge < -0.3 is 4.90 Å². The summed E-state index contributed by atoms with van der Waals surface area (Å²) in [5, 5.41) is 0. The summed E-state index contributed by atoms with van der Waals surface area (Å²) in [6.45, 7) is 3.81. The van der Waals surface area contributed by atoms with Crippen molar-refractivity contribution in [1.82, 2.24) is 9.62 Å². The molecular weight excluding hydrogens is 312 g/mol. The van der Waals surface area contributed by atoms with Crippen molar-refractivity contribution in [2.45, 2.75) is 37.5 Å². The Bertz CT molecular complexity index is 666. The Morgan fingerprint density at radius 3 is 2.57 bits per heavy atom. The monoisotopic (exact) mass is 336 g/mol. The van der Waals surface area contributed by atoms with Crippen LogP contribution in [0, 0.1) is 18.8 Å². The molecule has 1 atom stereocenters. The molecule has 2 aliphatic rings. The number of aryl methyl sites for hydroxylation is 1. The van der Waals surface area contributed by atoms with Crippen molar-refractivity contribution in [2.24, 2.45) is 11.8 Å². The van der Waals surface area contributed by atoms with E-state index in [4.69, 9.17) is 0 Å². The number of amides is 1. The lowest BCUT2D eigenvalue weighted by molar-refractivity contribution is -0.134. The lowest BCUT2D eigenvalue weighted by Crippen LogP contribution is -2.44. The predicted octanol–water partition coefficient (Wildman–Crippen LogP) is 1.92. The number of benzene rings is 1. The molecule has 126 valence electrons. The first kappa shape index (κ1) is 16.5. The molecule has 0 radical (unpaired) electrons. The van der Waals surface area contributed by atoms with E-state index in [9.17, 15) is 13.2 Å². The number of rotatable bonds is 5. The van der Waals surface area contributed by atoms with E-state index in [0.29, 0.717) is 18.0 Å². The predicted molar refractivity (Wildman–Crippen MR) is 88.4 cm³/mol. The van der Waals surface area contributed by atoms with Gasteiger partial charge in [-0.2, -0.15) is 0 Å². The van der Waals surface area contributed by atoms with Gasteiger partial charge in [-0.25, -0.2) is 13.1 Å². The third-order valence-electron chi connectivity index (χ3n) is 4.65. The molecular formula is C17H24N2O3S. The highest BCUT2D eigenvalue weighted by Crippen LogP contribution is 2.32. The molecule has 1 heterocycles. The second-order valence-electron chi connectivity index (χ2n) is 6.73. The van der Waals surface area contributed by atoms with Crippen LogP contribution in [0.4, 0.5) is 0 Å². The maximum absolute atomic E-state index is 12.3. The molecule has 0 spiro atoms. The van der Waals surface area contributed by atoms with Gasteiger partial charge in [-0.1, -0.05) is 17.7 Å². The van der Waals surface area contributed by atoms with Crippen molar-refractivity contribution in [3.05, 3.63) is 29.8 Å². The fraction of sp³-hybridized carbons (Fsp3) is 0.588. The minimum Gasteiger partial charge on any atom is -0.342 e. The maximum Gasteiger partial charge on any atom is 0.240 e. The molecule has 1 aromatic carbocycles. The summed E-state index contributed by atoms with van der Waals surface area (Å²) in [4.78, 5) is 14.4. The molecule has 0 unspecified atom stereocenters. The number of carbonyl (C=O) groups is 1. The molecule has 1 aromatic rings. The number of sulfonamides is 1. The molecule has 3 rings (SSSR count). The van der Waals surface area contributed by atoms with E-state index in [2.05, 4.69) is 4.72 Å². The van der Waals surface area contributed by atoms with Gasteiger partial charge in [0.1, 0.15) is 0 Å². The van der Waals surface area contributed by atoms with Gasteiger partial charge in [-0.05, 0) is 50.7 Å². The quantitative estimate of drug-likeness (QED) is 0.893. The Kier molecular flexibility index (Phi) is 4.73. The van der Waals surface area contributed by atoms with Crippen LogP contribution < -0.4 is 4.72 Å². The van der Waals surface area contributed by atoms with Crippen LogP contribution in [0.25, 0.3) is 0 Å². The normalized spacial score (nSPS) is 22.1. The molecule has 2 fully saturated rings. The summed E-state index contributed by atoms with van der Waals surface area (Å²) < 4.78 is 27.4. The highest BCUT2D eigenvalue weighted by molar-refractivity contribution is 7.89. The first-order chi connectivity index (χ1) is 11.0. The first-order valence-corrected chi connectivity index (χ1v) is 9.79. The SMILES string of the molecule is Cc1ccc(S(=O)(=O)NC[C@H]2CCCN(C(=O)C3CC3)C2)cc1. The summed E-state index contributed by atoms with van der Waals surface area (Å²) in [7, 11) is -3.47. The van der Waals surface area contributed by atoms with E-state index in [1.807, 2.05) is 11.8 Å². The van der Waals surface area contributed by atoms with Crippen molar-refractivity contribution in [1.29, 1.82) is 0 Å². The molecule has 5 nitrogen and oxygen atoms in total. The summed E-state index contributed by atoms with van der Waals surface area (Å²) in [5.74, 6) is 0.695. The van der Waals surface area contributed by atoms with E-state index in [0.717, 1.165) is 37.8 Å². The maximum atomic E-state index is 12.3. The van der Waals surface area contributed by atoms with Crippen LogP contribution in [0.1, 0.15) is 31.2 Å². The van der Waals surface area contributed by atoms with Crippen LogP contribution in [0.2, 0.25) is 0 Å². The van der Waals surface area contributed by atoms with E-state index in [1.165, 1.54) is 0 Å². The standard InChI is InChI=1S/C17H24N2O3S/c1-13-4-8-16(9-5-13)23(21,22)18-11-14-3-2-10-19(12-14)17(20)15-6-7-15/h4-5,8-9,14-15,18H,2-3,6-7,10-12H2,1H3/t14-/m1/s1. The summed E-state index contributed by atoms with van der Waals surface area (Å²) >= 11 is 0. The molecule has 1 amide bonds. The van der Waals surface area contributed by atoms with Crippen LogP contribution in [0.15, 0.2) is 29.2 Å². The molecule has 1 N–H and O–H groups in total. The number of carbonyl (C=O) groups excluding carboxylic acids is 1. The highest BCUT2D eigenvalue weighted by Gasteiger charge is 2.35. The van der Waals surface area contributed by atoms with Crippen molar-refractivity contribution in [3.8, 4) is 0 Å². The third-order valence-corrected chi connectivity index (χ3v) is 6.09. The highest BCUT2D eigenvalue weighted by atomic mass is 32.2. The smallest absolute Gasteiger partial charge is 0.240 e. The fourth-order valence-electron chi connectivity index (χ4n) is 3.05. The Labute approximate surface area is 138 Å². The number of hydrogen-bond donors (Lipinski definition) is 1. The molecule has 1 saturated heterocycles. The van der Waals surface area contributed by atoms with Crippen LogP contribution >= 0.6 is 0 Å². The zero-order valence-electron chi connectivity index (χ0n) is 13.5. The van der Waals surface area contributed by atoms with Gasteiger partial charge >= 0.3 is 0 Å². The second-order valence-corrected chi connectivity index (χ2v) is 8.50. The number of nitrogens with zero attached hydrogens (tertiary/aromatic N) is 1. The van der Waals surface area contributed by atoms with Gasteiger partial charge in [-0.3, -0.25) is 4.79 Å². The summed E-state index contributed by atoms with van der Waals surface area (Å²) in [6, 6.07) is 6.85. The van der Waals surface area contributed by atoms with E-state index >= 15 is 0 Å². The van der Waals surface area contributed by atoms with Gasteiger partial charge in [0, 0.05) is 25.6 Å². The van der Waals surface area contributed by atoms with Crippen LogP contribution in [0.3, 0.4) is 0 Å². The first-order valence-electron chi connectivity index (χ1n) is 8.31. The van der Waals surface area contributed by atoms with Crippen LogP contribution in [0.5, 0.6) is 0 Å². The summed E-state index contributed by atoms with van der Waals surface area (Å²) in [5.41, 5.74) is 1.03. The lowest BCUT2D eigenvalue weighted by Gasteiger charge is -2.33. The minimum atomic E-state index is -3.47. The third kappa shape index (κ3) is 4.12. The van der Waals surface area contributed by atoms with Gasteiger partial charge in [-0.15, -0.1) is 0 Å². The van der Waals surface area contributed by atoms with Gasteiger partial charge in [0.05, 0.1) is 4.90 Å². The van der Waals surface area contributed by atoms with Crippen molar-refractivity contribution in [3.63, 3.8) is 0 Å². The van der Waals surface area contributed by atoms with Crippen LogP contribution in [-0.4, -0.2) is 38.9 Å². The van der Waals surface area contributed by atoms with Gasteiger partial charge in [0.25, 0.3) is 0 Å². The number of nitrogens with one attached hydrogen (secondary N) is 1. The van der Waals surface area contributed by atoms with E-state index < -0.39 is 10.0 Å². The van der Waals surface area contributed by atoms with Crippen molar-refractivity contribution < 1.29 is 13.2 Å². The van der Waals surface area contributed by atoms with Crippen molar-refractivity contribution in [2.75, 3.05) is 19.6 Å². The van der Waals surface area contributed by atoms with Gasteiger partial charge in [0.2, 0.25) is 15.9 Å². The Morgan fingerprint density at radius 2 is 1.91 bits per heavy atom. The topological polar surface area (TPSA) is 66.5 Å². The largest absolute Gasteiger partial charge is 0.342 e. The molecule has 6 heteroatoms. The molecule has 0 aromatic heterocycles. The van der Waals surface area contributed by atoms with E-state index in [-0.39, 0.29) is 17.7 Å². The van der Waals surface area contributed by atoms with Crippen LogP contribution in [-0.2, 0) is 14.8 Å². The summed E-state index contributed by atoms with van der Waals surface area (Å²) in [6.07, 6.45) is 3.94. The van der Waals surface area contributed by atoms with Gasteiger partial charge in [0.15, 0.2) is 0 Å². The Balaban J connectivity index is 1.56. The molecule has 0 bridgehead atoms. The fourth-order valence-corrected chi connectivity index (χ4v) is 4.16. The minimum absolute atomic E-state index is 0.201. The molecule has 1 aliphatic carbocycles. The Hall–Kier alpha value is -1.40. The molecule has 1 aliphatic heterocycles. The number of piperidine rings is 1. The zero-order valence-corrected chi connectivity index (χ0v) is 14.3. The number of likely N-dealkylation sites (tertiary alicyclic amines) is 1. The average Bonchev–Trinajstić information content (AvgIpc) is 3.38. The van der Waals surface area contributed by atoms with Crippen molar-refractivity contribution >= 4 is 15.9 Å². The molecule has 23 heavy (non-hydrogen) atoms. The molecule has 1 saturated carbocycles. The lowest BCUT2D eigenvalue weighted by atomic mass is 9.98. The second kappa shape index (κ2) is 6.61. The Morgan fingerprint density at radius 1 is 1.22 bits per heavy atom. The van der Waals surface area contributed by atoms with E-state index in [1.54, 1.807) is 24.3 Å².